The molecule has 0 saturated carbocycles. The fraction of sp³-hybridized carbons (Fsp3) is 0.393. The van der Waals surface area contributed by atoms with Gasteiger partial charge >= 0.3 is 0 Å². The van der Waals surface area contributed by atoms with E-state index >= 15 is 0 Å². The van der Waals surface area contributed by atoms with Gasteiger partial charge in [0.05, 0.1) is 5.01 Å². The molecule has 2 heterocycles. The molecular weight excluding hydrogens is 528 g/mol. The number of para-hydroxylation sites is 1. The van der Waals surface area contributed by atoms with E-state index in [1.165, 1.54) is 23.5 Å². The number of aromatic nitrogens is 1. The largest absolute Gasteiger partial charge is 0.383 e. The van der Waals surface area contributed by atoms with E-state index in [1.807, 2.05) is 6.26 Å². The maximum absolute atomic E-state index is 13.9. The van der Waals surface area contributed by atoms with Crippen molar-refractivity contribution >= 4 is 40.6 Å². The average Bonchev–Trinajstić information content (AvgIpc) is 3.42. The number of amides is 2. The van der Waals surface area contributed by atoms with Gasteiger partial charge in [0.25, 0.3) is 17.7 Å². The highest BCUT2D eigenvalue weighted by Crippen LogP contribution is 2.34. The number of carbonyl (C=O) groups excluding carboxylic acids is 2. The molecular formula is C28H31F2N3O3S2. The lowest BCUT2D eigenvalue weighted by Gasteiger charge is -2.32. The number of nitrogens with zero attached hydrogens (tertiary/aromatic N) is 2. The predicted octanol–water partition coefficient (Wildman–Crippen LogP) is 5.99. The van der Waals surface area contributed by atoms with Gasteiger partial charge in [-0.1, -0.05) is 36.4 Å². The molecule has 2 aromatic carbocycles. The molecule has 1 atom stereocenters. The van der Waals surface area contributed by atoms with E-state index in [-0.39, 0.29) is 23.3 Å². The van der Waals surface area contributed by atoms with Crippen molar-refractivity contribution in [2.24, 2.45) is 0 Å². The van der Waals surface area contributed by atoms with E-state index in [0.717, 1.165) is 30.5 Å². The van der Waals surface area contributed by atoms with E-state index in [2.05, 4.69) is 10.3 Å². The van der Waals surface area contributed by atoms with Crippen molar-refractivity contribution in [2.75, 3.05) is 30.4 Å². The Balaban J connectivity index is 1.41. The molecule has 2 amide bonds. The van der Waals surface area contributed by atoms with Crippen LogP contribution in [0.4, 0.5) is 14.5 Å². The van der Waals surface area contributed by atoms with E-state index in [4.69, 9.17) is 0 Å². The highest BCUT2D eigenvalue weighted by molar-refractivity contribution is 7.98. The third kappa shape index (κ3) is 6.78. The van der Waals surface area contributed by atoms with Gasteiger partial charge in [-0.25, -0.2) is 13.8 Å². The number of alkyl halides is 2. The number of piperidine rings is 1. The molecule has 2 N–H and O–H groups in total. The lowest BCUT2D eigenvalue weighted by molar-refractivity contribution is -0.141. The number of carbonyl (C=O) groups is 2. The summed E-state index contributed by atoms with van der Waals surface area (Å²) in [5, 5.41) is 15.6. The number of thiazole rings is 1. The number of hydrogen-bond donors (Lipinski definition) is 2. The lowest BCUT2D eigenvalue weighted by Crippen LogP contribution is -2.43. The summed E-state index contributed by atoms with van der Waals surface area (Å²) in [4.78, 5) is 31.8. The van der Waals surface area contributed by atoms with E-state index < -0.39 is 12.0 Å². The van der Waals surface area contributed by atoms with Crippen LogP contribution in [0.2, 0.25) is 0 Å². The molecule has 202 valence electrons. The SMILES string of the molecule is CSCCC(O)C(=O)N1CCC(c2nc(C(=O)Nc3ccccc3-c3cccc(C(C)(F)F)c3)cs2)CC1. The number of aliphatic hydroxyl groups excluding tert-OH is 1. The van der Waals surface area contributed by atoms with Crippen LogP contribution in [0.15, 0.2) is 53.9 Å². The van der Waals surface area contributed by atoms with Crippen molar-refractivity contribution < 1.29 is 23.5 Å². The molecule has 6 nitrogen and oxygen atoms in total. The minimum absolute atomic E-state index is 0.0949. The minimum Gasteiger partial charge on any atom is -0.383 e. The molecule has 3 aromatic rings. The molecule has 1 unspecified atom stereocenters. The van der Waals surface area contributed by atoms with Crippen LogP contribution in [0.1, 0.15) is 53.2 Å². The number of rotatable bonds is 9. The first-order chi connectivity index (χ1) is 18.2. The third-order valence-corrected chi connectivity index (χ3v) is 8.30. The highest BCUT2D eigenvalue weighted by atomic mass is 32.2. The van der Waals surface area contributed by atoms with Gasteiger partial charge in [0.1, 0.15) is 11.8 Å². The first-order valence-electron chi connectivity index (χ1n) is 12.5. The Morgan fingerprint density at radius 2 is 1.95 bits per heavy atom. The van der Waals surface area contributed by atoms with Crippen LogP contribution in [0.25, 0.3) is 11.1 Å². The number of halogens is 2. The van der Waals surface area contributed by atoms with E-state index in [0.29, 0.717) is 42.0 Å². The van der Waals surface area contributed by atoms with Gasteiger partial charge in [-0.05, 0) is 49.0 Å². The Morgan fingerprint density at radius 1 is 1.21 bits per heavy atom. The second-order valence-electron chi connectivity index (χ2n) is 9.44. The maximum Gasteiger partial charge on any atom is 0.275 e. The molecule has 0 spiro atoms. The quantitative estimate of drug-likeness (QED) is 0.336. The molecule has 38 heavy (non-hydrogen) atoms. The summed E-state index contributed by atoms with van der Waals surface area (Å²) in [5.41, 5.74) is 1.93. The summed E-state index contributed by atoms with van der Waals surface area (Å²) in [6.07, 6.45) is 2.87. The van der Waals surface area contributed by atoms with Crippen LogP contribution < -0.4 is 5.32 Å². The second kappa shape index (κ2) is 12.4. The minimum atomic E-state index is -2.97. The third-order valence-electron chi connectivity index (χ3n) is 6.65. The van der Waals surface area contributed by atoms with E-state index in [9.17, 15) is 23.5 Å². The molecule has 10 heteroatoms. The van der Waals surface area contributed by atoms with Gasteiger partial charge in [-0.3, -0.25) is 9.59 Å². The zero-order chi connectivity index (χ0) is 27.3. The summed E-state index contributed by atoms with van der Waals surface area (Å²) >= 11 is 3.02. The average molecular weight is 560 g/mol. The predicted molar refractivity (Wildman–Crippen MR) is 149 cm³/mol. The normalized spacial score (nSPS) is 15.3. The van der Waals surface area contributed by atoms with Crippen molar-refractivity contribution in [3.63, 3.8) is 0 Å². The summed E-state index contributed by atoms with van der Waals surface area (Å²) in [6, 6.07) is 13.2. The Morgan fingerprint density at radius 3 is 2.66 bits per heavy atom. The highest BCUT2D eigenvalue weighted by Gasteiger charge is 2.29. The fourth-order valence-electron chi connectivity index (χ4n) is 4.48. The van der Waals surface area contributed by atoms with Crippen LogP contribution in [0.5, 0.6) is 0 Å². The zero-order valence-electron chi connectivity index (χ0n) is 21.3. The number of benzene rings is 2. The summed E-state index contributed by atoms with van der Waals surface area (Å²) < 4.78 is 27.7. The fourth-order valence-corrected chi connectivity index (χ4v) is 5.91. The van der Waals surface area contributed by atoms with E-state index in [1.54, 1.807) is 58.4 Å². The number of nitrogens with one attached hydrogen (secondary N) is 1. The Bertz CT molecular complexity index is 1270. The van der Waals surface area contributed by atoms with Crippen LogP contribution in [-0.4, -0.2) is 58.0 Å². The van der Waals surface area contributed by atoms with Crippen molar-refractivity contribution in [3.8, 4) is 11.1 Å². The number of hydrogen-bond acceptors (Lipinski definition) is 6. The first-order valence-corrected chi connectivity index (χ1v) is 14.7. The van der Waals surface area contributed by atoms with Crippen LogP contribution in [-0.2, 0) is 10.7 Å². The lowest BCUT2D eigenvalue weighted by atomic mass is 9.97. The molecule has 4 rings (SSSR count). The Hall–Kier alpha value is -2.82. The maximum atomic E-state index is 13.9. The second-order valence-corrected chi connectivity index (χ2v) is 11.3. The van der Waals surface area contributed by atoms with Crippen LogP contribution in [0.3, 0.4) is 0 Å². The van der Waals surface area contributed by atoms with Gasteiger partial charge < -0.3 is 15.3 Å². The van der Waals surface area contributed by atoms with Gasteiger partial charge in [0.15, 0.2) is 0 Å². The van der Waals surface area contributed by atoms with Crippen LogP contribution in [0, 0.1) is 0 Å². The van der Waals surface area contributed by atoms with Crippen molar-refractivity contribution in [1.29, 1.82) is 0 Å². The Labute approximate surface area is 229 Å². The van der Waals surface area contributed by atoms with Crippen LogP contribution >= 0.6 is 23.1 Å². The van der Waals surface area contributed by atoms with Gasteiger partial charge in [0, 0.05) is 48.1 Å². The number of aliphatic hydroxyl groups is 1. The van der Waals surface area contributed by atoms with Crippen molar-refractivity contribution in [2.45, 2.75) is 44.1 Å². The molecule has 0 aliphatic carbocycles. The number of likely N-dealkylation sites (tertiary alicyclic amines) is 1. The standard InChI is InChI=1S/C28H31F2N3O3S2/c1-28(29,30)20-7-5-6-19(16-20)21-8-3-4-9-22(21)31-25(35)23-17-38-26(32-23)18-10-13-33(14-11-18)27(36)24(34)12-15-37-2/h3-9,16-18,24,34H,10-15H2,1-2H3,(H,31,35). The summed E-state index contributed by atoms with van der Waals surface area (Å²) in [6.45, 7) is 1.95. The topological polar surface area (TPSA) is 82.5 Å². The molecule has 1 saturated heterocycles. The monoisotopic (exact) mass is 559 g/mol. The number of anilines is 1. The smallest absolute Gasteiger partial charge is 0.275 e. The zero-order valence-corrected chi connectivity index (χ0v) is 23.0. The molecule has 0 radical (unpaired) electrons. The van der Waals surface area contributed by atoms with Crippen molar-refractivity contribution in [3.05, 3.63) is 70.2 Å². The molecule has 0 bridgehead atoms. The summed E-state index contributed by atoms with van der Waals surface area (Å²) in [7, 11) is 0. The first kappa shape index (κ1) is 28.2. The van der Waals surface area contributed by atoms with Gasteiger partial charge in [0.2, 0.25) is 0 Å². The molecule has 1 fully saturated rings. The molecule has 1 aliphatic heterocycles. The molecule has 1 aromatic heterocycles. The van der Waals surface area contributed by atoms with Gasteiger partial charge in [-0.15, -0.1) is 11.3 Å². The molecule has 1 aliphatic rings. The Kier molecular flexibility index (Phi) is 9.17. The van der Waals surface area contributed by atoms with Crippen molar-refractivity contribution in [1.82, 2.24) is 9.88 Å². The summed E-state index contributed by atoms with van der Waals surface area (Å²) in [5.74, 6) is -2.69. The van der Waals surface area contributed by atoms with Gasteiger partial charge in [-0.2, -0.15) is 11.8 Å². The number of thioether (sulfide) groups is 1.